The van der Waals surface area contributed by atoms with Gasteiger partial charge in [0.15, 0.2) is 0 Å². The van der Waals surface area contributed by atoms with E-state index in [1.807, 2.05) is 12.1 Å². The van der Waals surface area contributed by atoms with Crippen LogP contribution in [0.2, 0.25) is 0 Å². The summed E-state index contributed by atoms with van der Waals surface area (Å²) < 4.78 is 5.64. The van der Waals surface area contributed by atoms with Crippen LogP contribution in [0.25, 0.3) is 6.08 Å². The Bertz CT molecular complexity index is 356. The fourth-order valence-corrected chi connectivity index (χ4v) is 1.71. The molecule has 0 aliphatic carbocycles. The van der Waals surface area contributed by atoms with Crippen LogP contribution in [-0.4, -0.2) is 19.2 Å². The fourth-order valence-electron chi connectivity index (χ4n) is 1.71. The summed E-state index contributed by atoms with van der Waals surface area (Å²) >= 11 is 0. The summed E-state index contributed by atoms with van der Waals surface area (Å²) in [5, 5.41) is 3.44. The Morgan fingerprint density at radius 1 is 1.16 bits per heavy atom. The summed E-state index contributed by atoms with van der Waals surface area (Å²) in [5.74, 6) is 0.961. The number of unbranched alkanes of at least 4 members (excludes halogenated alkanes) is 1. The molecule has 0 amide bonds. The van der Waals surface area contributed by atoms with Crippen LogP contribution < -0.4 is 10.1 Å². The minimum Gasteiger partial charge on any atom is -0.494 e. The molecule has 0 aromatic heterocycles. The van der Waals surface area contributed by atoms with Crippen molar-refractivity contribution in [1.29, 1.82) is 0 Å². The maximum Gasteiger partial charge on any atom is 0.119 e. The summed E-state index contributed by atoms with van der Waals surface area (Å²) in [4.78, 5) is 0. The predicted octanol–water partition coefficient (Wildman–Crippen LogP) is 4.27. The first kappa shape index (κ1) is 15.8. The molecular weight excluding hydrogens is 234 g/mol. The molecule has 19 heavy (non-hydrogen) atoms. The van der Waals surface area contributed by atoms with E-state index in [1.54, 1.807) is 0 Å². The highest BCUT2D eigenvalue weighted by Gasteiger charge is 1.95. The predicted molar refractivity (Wildman–Crippen MR) is 83.6 cm³/mol. The van der Waals surface area contributed by atoms with Gasteiger partial charge in [0.1, 0.15) is 5.75 Å². The third kappa shape index (κ3) is 7.02. The lowest BCUT2D eigenvalue weighted by Gasteiger charge is -2.08. The first-order valence-electron chi connectivity index (χ1n) is 7.40. The fraction of sp³-hybridized carbons (Fsp3) is 0.529. The zero-order valence-electron chi connectivity index (χ0n) is 12.5. The highest BCUT2D eigenvalue weighted by molar-refractivity contribution is 5.51. The average molecular weight is 261 g/mol. The molecular formula is C17H27NO. The van der Waals surface area contributed by atoms with Crippen LogP contribution in [0.3, 0.4) is 0 Å². The third-order valence-electron chi connectivity index (χ3n) is 2.94. The van der Waals surface area contributed by atoms with Gasteiger partial charge >= 0.3 is 0 Å². The summed E-state index contributed by atoms with van der Waals surface area (Å²) in [6, 6.07) is 8.70. The van der Waals surface area contributed by atoms with Crippen molar-refractivity contribution in [2.75, 3.05) is 13.2 Å². The van der Waals surface area contributed by atoms with Crippen LogP contribution in [-0.2, 0) is 0 Å². The molecule has 0 radical (unpaired) electrons. The monoisotopic (exact) mass is 261 g/mol. The lowest BCUT2D eigenvalue weighted by Crippen LogP contribution is -2.24. The number of nitrogens with one attached hydrogen (secondary N) is 1. The van der Waals surface area contributed by atoms with Gasteiger partial charge in [0.25, 0.3) is 0 Å². The first-order chi connectivity index (χ1) is 9.26. The van der Waals surface area contributed by atoms with Crippen molar-refractivity contribution in [2.24, 2.45) is 0 Å². The number of benzene rings is 1. The number of hydrogen-bond donors (Lipinski definition) is 1. The Hall–Kier alpha value is -1.28. The van der Waals surface area contributed by atoms with E-state index >= 15 is 0 Å². The molecule has 0 heterocycles. The van der Waals surface area contributed by atoms with Crippen molar-refractivity contribution in [3.63, 3.8) is 0 Å². The molecule has 0 saturated heterocycles. The van der Waals surface area contributed by atoms with Crippen LogP contribution in [0, 0.1) is 0 Å². The van der Waals surface area contributed by atoms with Gasteiger partial charge in [-0.1, -0.05) is 44.6 Å². The highest BCUT2D eigenvalue weighted by Crippen LogP contribution is 2.13. The normalized spacial score (nSPS) is 12.8. The minimum atomic E-state index is 0.417. The molecule has 2 nitrogen and oxygen atoms in total. The standard InChI is InChI=1S/C17H27NO/c1-4-6-14-19-17-11-9-16(10-12-17)8-7-15(3)18-13-5-2/h7-12,15,18H,4-6,13-14H2,1-3H3/b8-7+. The molecule has 1 rings (SSSR count). The van der Waals surface area contributed by atoms with Crippen LogP contribution >= 0.6 is 0 Å². The van der Waals surface area contributed by atoms with Gasteiger partial charge in [0.2, 0.25) is 0 Å². The summed E-state index contributed by atoms with van der Waals surface area (Å²) in [6.07, 6.45) is 7.81. The quantitative estimate of drug-likeness (QED) is 0.670. The average Bonchev–Trinajstić information content (AvgIpc) is 2.44. The van der Waals surface area contributed by atoms with Crippen LogP contribution in [0.5, 0.6) is 5.75 Å². The van der Waals surface area contributed by atoms with Gasteiger partial charge in [-0.05, 0) is 44.0 Å². The van der Waals surface area contributed by atoms with Gasteiger partial charge in [-0.15, -0.1) is 0 Å². The second kappa shape index (κ2) is 9.62. The topological polar surface area (TPSA) is 21.3 Å². The van der Waals surface area contributed by atoms with Crippen LogP contribution in [0.1, 0.15) is 45.6 Å². The van der Waals surface area contributed by atoms with Gasteiger partial charge in [0, 0.05) is 6.04 Å². The zero-order chi connectivity index (χ0) is 13.9. The van der Waals surface area contributed by atoms with Crippen molar-refractivity contribution in [1.82, 2.24) is 5.32 Å². The molecule has 1 atom stereocenters. The van der Waals surface area contributed by atoms with E-state index in [-0.39, 0.29) is 0 Å². The largest absolute Gasteiger partial charge is 0.494 e. The van der Waals surface area contributed by atoms with E-state index in [2.05, 4.69) is 50.4 Å². The molecule has 0 bridgehead atoms. The smallest absolute Gasteiger partial charge is 0.119 e. The number of ether oxygens (including phenoxy) is 1. The molecule has 1 aromatic rings. The molecule has 1 N–H and O–H groups in total. The summed E-state index contributed by atoms with van der Waals surface area (Å²) in [6.45, 7) is 8.40. The molecule has 0 aliphatic rings. The molecule has 0 saturated carbocycles. The minimum absolute atomic E-state index is 0.417. The maximum absolute atomic E-state index is 5.64. The molecule has 0 aliphatic heterocycles. The van der Waals surface area contributed by atoms with E-state index < -0.39 is 0 Å². The Morgan fingerprint density at radius 3 is 2.53 bits per heavy atom. The molecule has 106 valence electrons. The molecule has 1 unspecified atom stereocenters. The van der Waals surface area contributed by atoms with Crippen LogP contribution in [0.4, 0.5) is 0 Å². The maximum atomic E-state index is 5.64. The van der Waals surface area contributed by atoms with Crippen molar-refractivity contribution in [3.05, 3.63) is 35.9 Å². The van der Waals surface area contributed by atoms with Crippen molar-refractivity contribution in [3.8, 4) is 5.75 Å². The van der Waals surface area contributed by atoms with E-state index in [0.717, 1.165) is 25.3 Å². The zero-order valence-corrected chi connectivity index (χ0v) is 12.5. The summed E-state index contributed by atoms with van der Waals surface area (Å²) in [7, 11) is 0. The SMILES string of the molecule is CCCCOc1ccc(/C=C/C(C)NCCC)cc1. The van der Waals surface area contributed by atoms with Gasteiger partial charge in [0.05, 0.1) is 6.61 Å². The Morgan fingerprint density at radius 2 is 1.89 bits per heavy atom. The second-order valence-electron chi connectivity index (χ2n) is 4.87. The Labute approximate surface area is 117 Å². The van der Waals surface area contributed by atoms with E-state index in [9.17, 15) is 0 Å². The summed E-state index contributed by atoms with van der Waals surface area (Å²) in [5.41, 5.74) is 1.22. The van der Waals surface area contributed by atoms with E-state index in [0.29, 0.717) is 6.04 Å². The van der Waals surface area contributed by atoms with Gasteiger partial charge < -0.3 is 10.1 Å². The Balaban J connectivity index is 2.40. The molecule has 0 spiro atoms. The number of hydrogen-bond acceptors (Lipinski definition) is 2. The van der Waals surface area contributed by atoms with Gasteiger partial charge in [-0.25, -0.2) is 0 Å². The van der Waals surface area contributed by atoms with Crippen molar-refractivity contribution in [2.45, 2.75) is 46.1 Å². The second-order valence-corrected chi connectivity index (χ2v) is 4.87. The molecule has 0 fully saturated rings. The van der Waals surface area contributed by atoms with Gasteiger partial charge in [-0.3, -0.25) is 0 Å². The lowest BCUT2D eigenvalue weighted by molar-refractivity contribution is 0.309. The first-order valence-corrected chi connectivity index (χ1v) is 7.40. The van der Waals surface area contributed by atoms with Gasteiger partial charge in [-0.2, -0.15) is 0 Å². The van der Waals surface area contributed by atoms with Crippen LogP contribution in [0.15, 0.2) is 30.3 Å². The number of rotatable bonds is 9. The lowest BCUT2D eigenvalue weighted by atomic mass is 10.1. The van der Waals surface area contributed by atoms with E-state index in [1.165, 1.54) is 18.4 Å². The van der Waals surface area contributed by atoms with Crippen molar-refractivity contribution < 1.29 is 4.74 Å². The highest BCUT2D eigenvalue weighted by atomic mass is 16.5. The van der Waals surface area contributed by atoms with Crippen molar-refractivity contribution >= 4 is 6.08 Å². The molecule has 2 heteroatoms. The third-order valence-corrected chi connectivity index (χ3v) is 2.94. The Kier molecular flexibility index (Phi) is 7.99. The van der Waals surface area contributed by atoms with E-state index in [4.69, 9.17) is 4.74 Å². The molecule has 1 aromatic carbocycles.